The lowest BCUT2D eigenvalue weighted by atomic mass is 10.2. The number of ether oxygens (including phenoxy) is 1. The molecule has 7 heteroatoms. The Labute approximate surface area is 145 Å². The minimum absolute atomic E-state index is 0.272. The normalized spacial score (nSPS) is 10.0. The fourth-order valence-electron chi connectivity index (χ4n) is 2.15. The summed E-state index contributed by atoms with van der Waals surface area (Å²) in [4.78, 5) is 37.2. The first kappa shape index (κ1) is 18.0. The van der Waals surface area contributed by atoms with Gasteiger partial charge in [0.25, 0.3) is 0 Å². The molecule has 0 aliphatic carbocycles. The van der Waals surface area contributed by atoms with Gasteiger partial charge in [-0.15, -0.1) is 0 Å². The molecule has 0 heterocycles. The third kappa shape index (κ3) is 4.57. The molecule has 0 aliphatic rings. The first-order valence-corrected chi connectivity index (χ1v) is 7.66. The Morgan fingerprint density at radius 2 is 1.64 bits per heavy atom. The third-order valence-corrected chi connectivity index (χ3v) is 3.29. The van der Waals surface area contributed by atoms with Crippen molar-refractivity contribution in [2.75, 3.05) is 22.6 Å². The fraction of sp³-hybridized carbons (Fsp3) is 0.167. The molecular weight excluding hydrogens is 322 g/mol. The van der Waals surface area contributed by atoms with Crippen molar-refractivity contribution in [3.8, 4) is 5.75 Å². The third-order valence-electron chi connectivity index (χ3n) is 3.29. The summed E-state index contributed by atoms with van der Waals surface area (Å²) in [5, 5.41) is 2.46. The van der Waals surface area contributed by atoms with Gasteiger partial charge >= 0.3 is 11.8 Å². The highest BCUT2D eigenvalue weighted by molar-refractivity contribution is 6.48. The predicted octanol–water partition coefficient (Wildman–Crippen LogP) is 2.19. The number of nitrogen functional groups attached to an aromatic ring is 1. The number of hydrogen-bond acceptors (Lipinski definition) is 5. The van der Waals surface area contributed by atoms with Crippen LogP contribution in [0.2, 0.25) is 0 Å². The Morgan fingerprint density at radius 3 is 2.16 bits per heavy atom. The number of carbonyl (C=O) groups is 3. The first-order chi connectivity index (χ1) is 11.9. The maximum atomic E-state index is 12.4. The predicted molar refractivity (Wildman–Crippen MR) is 95.3 cm³/mol. The monoisotopic (exact) mass is 341 g/mol. The van der Waals surface area contributed by atoms with E-state index in [1.54, 1.807) is 36.4 Å². The second-order valence-electron chi connectivity index (χ2n) is 5.16. The van der Waals surface area contributed by atoms with E-state index in [-0.39, 0.29) is 5.69 Å². The molecule has 0 aromatic heterocycles. The highest BCUT2D eigenvalue weighted by atomic mass is 16.5. The van der Waals surface area contributed by atoms with Gasteiger partial charge in [-0.25, -0.2) is 4.90 Å². The largest absolute Gasteiger partial charge is 0.494 e. The van der Waals surface area contributed by atoms with Crippen LogP contribution < -0.4 is 20.7 Å². The summed E-state index contributed by atoms with van der Waals surface area (Å²) in [6.45, 7) is 3.60. The zero-order valence-electron chi connectivity index (χ0n) is 14.0. The van der Waals surface area contributed by atoms with E-state index in [1.807, 2.05) is 6.92 Å². The highest BCUT2D eigenvalue weighted by Gasteiger charge is 2.26. The fourth-order valence-corrected chi connectivity index (χ4v) is 2.15. The molecule has 0 bridgehead atoms. The molecule has 0 fully saturated rings. The number of nitrogens with two attached hydrogens (primary N) is 1. The minimum Gasteiger partial charge on any atom is -0.494 e. The van der Waals surface area contributed by atoms with Crippen LogP contribution in [0.15, 0.2) is 48.5 Å². The number of benzene rings is 2. The van der Waals surface area contributed by atoms with Gasteiger partial charge < -0.3 is 15.8 Å². The second kappa shape index (κ2) is 7.96. The van der Waals surface area contributed by atoms with Crippen molar-refractivity contribution in [1.82, 2.24) is 0 Å². The maximum Gasteiger partial charge on any atom is 0.323 e. The standard InChI is InChI=1S/C18H19N3O4/c1-3-25-16-10-6-14(7-11-16)20-17(23)18(24)21(12(2)22)15-8-4-13(19)5-9-15/h4-11H,3,19H2,1-2H3,(H,20,23). The van der Waals surface area contributed by atoms with Crippen LogP contribution in [-0.2, 0) is 14.4 Å². The number of amides is 3. The van der Waals surface area contributed by atoms with Crippen molar-refractivity contribution in [2.45, 2.75) is 13.8 Å². The molecule has 130 valence electrons. The molecule has 0 saturated heterocycles. The number of rotatable bonds is 4. The van der Waals surface area contributed by atoms with Gasteiger partial charge in [0.15, 0.2) is 0 Å². The van der Waals surface area contributed by atoms with Crippen molar-refractivity contribution in [2.24, 2.45) is 0 Å². The summed E-state index contributed by atoms with van der Waals surface area (Å²) < 4.78 is 5.31. The van der Waals surface area contributed by atoms with Crippen LogP contribution in [0.5, 0.6) is 5.75 Å². The lowest BCUT2D eigenvalue weighted by molar-refractivity contribution is -0.136. The molecule has 0 atom stereocenters. The Kier molecular flexibility index (Phi) is 5.73. The maximum absolute atomic E-state index is 12.4. The van der Waals surface area contributed by atoms with Gasteiger partial charge in [0, 0.05) is 18.3 Å². The summed E-state index contributed by atoms with van der Waals surface area (Å²) in [6, 6.07) is 12.6. The molecule has 0 radical (unpaired) electrons. The van der Waals surface area contributed by atoms with Crippen LogP contribution in [0.25, 0.3) is 0 Å². The molecule has 0 unspecified atom stereocenters. The molecule has 2 aromatic rings. The van der Waals surface area contributed by atoms with E-state index in [9.17, 15) is 14.4 Å². The zero-order chi connectivity index (χ0) is 18.4. The van der Waals surface area contributed by atoms with Crippen molar-refractivity contribution in [3.63, 3.8) is 0 Å². The highest BCUT2D eigenvalue weighted by Crippen LogP contribution is 2.19. The number of hydrogen-bond donors (Lipinski definition) is 2. The summed E-state index contributed by atoms with van der Waals surface area (Å²) >= 11 is 0. The molecule has 0 saturated carbocycles. The topological polar surface area (TPSA) is 102 Å². The lowest BCUT2D eigenvalue weighted by Crippen LogP contribution is -2.42. The number of imide groups is 1. The van der Waals surface area contributed by atoms with Gasteiger partial charge in [-0.3, -0.25) is 14.4 Å². The van der Waals surface area contributed by atoms with E-state index in [0.29, 0.717) is 23.7 Å². The van der Waals surface area contributed by atoms with E-state index >= 15 is 0 Å². The van der Waals surface area contributed by atoms with Crippen LogP contribution in [0.4, 0.5) is 17.1 Å². The molecule has 2 aromatic carbocycles. The molecule has 0 spiro atoms. The average molecular weight is 341 g/mol. The van der Waals surface area contributed by atoms with Crippen molar-refractivity contribution in [1.29, 1.82) is 0 Å². The molecule has 3 amide bonds. The molecular formula is C18H19N3O4. The quantitative estimate of drug-likeness (QED) is 0.655. The van der Waals surface area contributed by atoms with Crippen LogP contribution >= 0.6 is 0 Å². The first-order valence-electron chi connectivity index (χ1n) is 7.66. The Bertz CT molecular complexity index is 770. The van der Waals surface area contributed by atoms with E-state index in [0.717, 1.165) is 4.90 Å². The SMILES string of the molecule is CCOc1ccc(NC(=O)C(=O)N(C(C)=O)c2ccc(N)cc2)cc1. The number of anilines is 3. The van der Waals surface area contributed by atoms with Crippen LogP contribution in [0.3, 0.4) is 0 Å². The number of carbonyl (C=O) groups excluding carboxylic acids is 3. The second-order valence-corrected chi connectivity index (χ2v) is 5.16. The van der Waals surface area contributed by atoms with Gasteiger partial charge in [0.05, 0.1) is 12.3 Å². The van der Waals surface area contributed by atoms with Crippen LogP contribution in [-0.4, -0.2) is 24.3 Å². The van der Waals surface area contributed by atoms with Crippen molar-refractivity contribution in [3.05, 3.63) is 48.5 Å². The minimum atomic E-state index is -0.980. The summed E-state index contributed by atoms with van der Waals surface area (Å²) in [6.07, 6.45) is 0. The lowest BCUT2D eigenvalue weighted by Gasteiger charge is -2.18. The Morgan fingerprint density at radius 1 is 1.04 bits per heavy atom. The molecule has 2 rings (SSSR count). The van der Waals surface area contributed by atoms with E-state index in [2.05, 4.69) is 5.32 Å². The van der Waals surface area contributed by atoms with E-state index in [1.165, 1.54) is 19.1 Å². The van der Waals surface area contributed by atoms with Gasteiger partial charge in [-0.2, -0.15) is 0 Å². The van der Waals surface area contributed by atoms with Gasteiger partial charge in [-0.1, -0.05) is 0 Å². The Hall–Kier alpha value is -3.35. The van der Waals surface area contributed by atoms with Gasteiger partial charge in [0.2, 0.25) is 5.91 Å². The zero-order valence-corrected chi connectivity index (χ0v) is 14.0. The van der Waals surface area contributed by atoms with E-state index in [4.69, 9.17) is 10.5 Å². The summed E-state index contributed by atoms with van der Waals surface area (Å²) in [7, 11) is 0. The smallest absolute Gasteiger partial charge is 0.323 e. The molecule has 25 heavy (non-hydrogen) atoms. The average Bonchev–Trinajstić information content (AvgIpc) is 2.58. The summed E-state index contributed by atoms with van der Waals surface area (Å²) in [5.41, 5.74) is 6.77. The van der Waals surface area contributed by atoms with Crippen molar-refractivity contribution >= 4 is 34.8 Å². The van der Waals surface area contributed by atoms with Crippen LogP contribution in [0, 0.1) is 0 Å². The van der Waals surface area contributed by atoms with E-state index < -0.39 is 17.7 Å². The molecule has 0 aliphatic heterocycles. The molecule has 7 nitrogen and oxygen atoms in total. The molecule has 3 N–H and O–H groups in total. The summed E-state index contributed by atoms with van der Waals surface area (Å²) in [5.74, 6) is -1.82. The van der Waals surface area contributed by atoms with Gasteiger partial charge in [-0.05, 0) is 55.5 Å². The number of nitrogens with one attached hydrogen (secondary N) is 1. The van der Waals surface area contributed by atoms with Gasteiger partial charge in [0.1, 0.15) is 5.75 Å². The van der Waals surface area contributed by atoms with Crippen molar-refractivity contribution < 1.29 is 19.1 Å². The van der Waals surface area contributed by atoms with Crippen LogP contribution in [0.1, 0.15) is 13.8 Å². The number of nitrogens with zero attached hydrogens (tertiary/aromatic N) is 1. The Balaban J connectivity index is 2.14.